The van der Waals surface area contributed by atoms with Gasteiger partial charge in [-0.1, -0.05) is 0 Å². The number of hydrogen-bond donors (Lipinski definition) is 2. The lowest BCUT2D eigenvalue weighted by Crippen LogP contribution is -2.01. The van der Waals surface area contributed by atoms with Crippen LogP contribution >= 0.6 is 0 Å². The van der Waals surface area contributed by atoms with Gasteiger partial charge in [-0.25, -0.2) is 4.39 Å². The summed E-state index contributed by atoms with van der Waals surface area (Å²) in [6, 6.07) is 9.59. The van der Waals surface area contributed by atoms with Crippen LogP contribution in [-0.4, -0.2) is 14.2 Å². The van der Waals surface area contributed by atoms with E-state index in [1.165, 1.54) is 26.4 Å². The van der Waals surface area contributed by atoms with Crippen molar-refractivity contribution in [2.24, 2.45) is 0 Å². The van der Waals surface area contributed by atoms with Crippen molar-refractivity contribution in [2.45, 2.75) is 0 Å². The van der Waals surface area contributed by atoms with Gasteiger partial charge in [-0.05, 0) is 12.1 Å². The molecule has 0 aliphatic rings. The Morgan fingerprint density at radius 2 is 1.81 bits per heavy atom. The van der Waals surface area contributed by atoms with Gasteiger partial charge in [-0.2, -0.15) is 5.26 Å². The zero-order valence-electron chi connectivity index (χ0n) is 11.6. The highest BCUT2D eigenvalue weighted by atomic mass is 19.1. The molecule has 21 heavy (non-hydrogen) atoms. The first-order valence-corrected chi connectivity index (χ1v) is 6.07. The molecule has 2 aromatic carbocycles. The van der Waals surface area contributed by atoms with Gasteiger partial charge in [0.2, 0.25) is 0 Å². The topological polar surface area (TPSA) is 80.3 Å². The third-order valence-corrected chi connectivity index (χ3v) is 2.92. The Balaban J connectivity index is 2.41. The first kappa shape index (κ1) is 14.5. The zero-order valence-corrected chi connectivity index (χ0v) is 11.6. The van der Waals surface area contributed by atoms with E-state index in [0.717, 1.165) is 0 Å². The van der Waals surface area contributed by atoms with Crippen LogP contribution < -0.4 is 20.5 Å². The highest BCUT2D eigenvalue weighted by Crippen LogP contribution is 2.34. The maximum atomic E-state index is 13.5. The fourth-order valence-electron chi connectivity index (χ4n) is 1.84. The molecule has 0 saturated heterocycles. The number of ether oxygens (including phenoxy) is 2. The summed E-state index contributed by atoms with van der Waals surface area (Å²) in [5.41, 5.74) is 7.59. The zero-order chi connectivity index (χ0) is 15.4. The van der Waals surface area contributed by atoms with Crippen molar-refractivity contribution < 1.29 is 13.9 Å². The molecule has 0 heterocycles. The number of nitrogen functional groups attached to an aromatic ring is 1. The smallest absolute Gasteiger partial charge is 0.167 e. The SMILES string of the molecule is COc1cc(Nc2ccc(C#N)cc2OC)c(N)cc1F. The van der Waals surface area contributed by atoms with Crippen LogP contribution in [0.2, 0.25) is 0 Å². The van der Waals surface area contributed by atoms with Gasteiger partial charge in [0, 0.05) is 18.2 Å². The third kappa shape index (κ3) is 2.98. The molecule has 5 nitrogen and oxygen atoms in total. The molecule has 2 rings (SSSR count). The number of anilines is 3. The second-order valence-electron chi connectivity index (χ2n) is 4.23. The number of nitrogens with one attached hydrogen (secondary N) is 1. The van der Waals surface area contributed by atoms with E-state index in [0.29, 0.717) is 22.7 Å². The van der Waals surface area contributed by atoms with E-state index in [1.54, 1.807) is 18.2 Å². The summed E-state index contributed by atoms with van der Waals surface area (Å²) in [7, 11) is 2.87. The number of nitriles is 1. The van der Waals surface area contributed by atoms with Gasteiger partial charge in [0.1, 0.15) is 5.75 Å². The van der Waals surface area contributed by atoms with Crippen LogP contribution in [0.3, 0.4) is 0 Å². The number of benzene rings is 2. The van der Waals surface area contributed by atoms with Crippen LogP contribution in [0.4, 0.5) is 21.5 Å². The van der Waals surface area contributed by atoms with Gasteiger partial charge in [0.15, 0.2) is 11.6 Å². The van der Waals surface area contributed by atoms with E-state index in [2.05, 4.69) is 5.32 Å². The van der Waals surface area contributed by atoms with E-state index < -0.39 is 5.82 Å². The van der Waals surface area contributed by atoms with Gasteiger partial charge in [-0.3, -0.25) is 0 Å². The molecular weight excluding hydrogens is 273 g/mol. The predicted molar refractivity (Wildman–Crippen MR) is 78.4 cm³/mol. The number of nitrogens with two attached hydrogens (primary N) is 1. The largest absolute Gasteiger partial charge is 0.495 e. The summed E-state index contributed by atoms with van der Waals surface area (Å²) in [5.74, 6) is 0.0309. The molecule has 3 N–H and O–H groups in total. The van der Waals surface area contributed by atoms with Crippen LogP contribution in [0.5, 0.6) is 11.5 Å². The van der Waals surface area contributed by atoms with E-state index in [9.17, 15) is 4.39 Å². The lowest BCUT2D eigenvalue weighted by atomic mass is 10.2. The molecule has 2 aromatic rings. The lowest BCUT2D eigenvalue weighted by Gasteiger charge is -2.14. The van der Waals surface area contributed by atoms with E-state index in [1.807, 2.05) is 6.07 Å². The van der Waals surface area contributed by atoms with E-state index in [4.69, 9.17) is 20.5 Å². The second kappa shape index (κ2) is 6.01. The normalized spacial score (nSPS) is 9.81. The molecule has 0 radical (unpaired) electrons. The number of halogens is 1. The van der Waals surface area contributed by atoms with Gasteiger partial charge in [0.25, 0.3) is 0 Å². The first-order chi connectivity index (χ1) is 10.1. The number of hydrogen-bond acceptors (Lipinski definition) is 5. The van der Waals surface area contributed by atoms with Crippen molar-refractivity contribution in [1.29, 1.82) is 5.26 Å². The van der Waals surface area contributed by atoms with Crippen LogP contribution in [0, 0.1) is 17.1 Å². The van der Waals surface area contributed by atoms with Gasteiger partial charge >= 0.3 is 0 Å². The van der Waals surface area contributed by atoms with Crippen molar-refractivity contribution in [3.63, 3.8) is 0 Å². The highest BCUT2D eigenvalue weighted by molar-refractivity contribution is 5.77. The van der Waals surface area contributed by atoms with Crippen LogP contribution in [-0.2, 0) is 0 Å². The first-order valence-electron chi connectivity index (χ1n) is 6.07. The average molecular weight is 287 g/mol. The summed E-state index contributed by atoms with van der Waals surface area (Å²) in [6.45, 7) is 0. The number of methoxy groups -OCH3 is 2. The fourth-order valence-corrected chi connectivity index (χ4v) is 1.84. The number of rotatable bonds is 4. The van der Waals surface area contributed by atoms with Crippen molar-refractivity contribution in [3.8, 4) is 17.6 Å². The fraction of sp³-hybridized carbons (Fsp3) is 0.133. The van der Waals surface area contributed by atoms with Crippen LogP contribution in [0.25, 0.3) is 0 Å². The predicted octanol–water partition coefficient (Wildman–Crippen LogP) is 3.04. The summed E-state index contributed by atoms with van der Waals surface area (Å²) in [6.07, 6.45) is 0. The molecule has 0 aliphatic carbocycles. The molecule has 108 valence electrons. The minimum Gasteiger partial charge on any atom is -0.495 e. The molecular formula is C15H14FN3O2. The lowest BCUT2D eigenvalue weighted by molar-refractivity contribution is 0.387. The number of nitrogens with zero attached hydrogens (tertiary/aromatic N) is 1. The Kier molecular flexibility index (Phi) is 4.14. The Morgan fingerprint density at radius 3 is 2.43 bits per heavy atom. The van der Waals surface area contributed by atoms with E-state index >= 15 is 0 Å². The highest BCUT2D eigenvalue weighted by Gasteiger charge is 2.11. The minimum atomic E-state index is -0.535. The van der Waals surface area contributed by atoms with Gasteiger partial charge in [0.05, 0.1) is 42.9 Å². The molecule has 0 fully saturated rings. The van der Waals surface area contributed by atoms with Crippen molar-refractivity contribution >= 4 is 17.1 Å². The molecule has 0 amide bonds. The molecule has 0 saturated carbocycles. The molecule has 0 aliphatic heterocycles. The molecule has 0 aromatic heterocycles. The summed E-state index contributed by atoms with van der Waals surface area (Å²) >= 11 is 0. The quantitative estimate of drug-likeness (QED) is 0.845. The van der Waals surface area contributed by atoms with Gasteiger partial charge < -0.3 is 20.5 Å². The molecule has 0 unspecified atom stereocenters. The Hall–Kier alpha value is -2.94. The maximum Gasteiger partial charge on any atom is 0.167 e. The van der Waals surface area contributed by atoms with E-state index in [-0.39, 0.29) is 11.4 Å². The van der Waals surface area contributed by atoms with Crippen LogP contribution in [0.1, 0.15) is 5.56 Å². The van der Waals surface area contributed by atoms with Gasteiger partial charge in [-0.15, -0.1) is 0 Å². The summed E-state index contributed by atoms with van der Waals surface area (Å²) in [5, 5.41) is 11.9. The summed E-state index contributed by atoms with van der Waals surface area (Å²) < 4.78 is 23.7. The standard InChI is InChI=1S/C15H14FN3O2/c1-20-14-7-13(11(18)6-10(14)16)19-12-4-3-9(8-17)5-15(12)21-2/h3-7,19H,18H2,1-2H3. The Bertz CT molecular complexity index is 711. The summed E-state index contributed by atoms with van der Waals surface area (Å²) in [4.78, 5) is 0. The Labute approximate surface area is 121 Å². The Morgan fingerprint density at radius 1 is 1.10 bits per heavy atom. The maximum absolute atomic E-state index is 13.5. The van der Waals surface area contributed by atoms with Crippen molar-refractivity contribution in [2.75, 3.05) is 25.3 Å². The van der Waals surface area contributed by atoms with Crippen molar-refractivity contribution in [1.82, 2.24) is 0 Å². The third-order valence-electron chi connectivity index (χ3n) is 2.92. The van der Waals surface area contributed by atoms with Crippen molar-refractivity contribution in [3.05, 3.63) is 41.7 Å². The second-order valence-corrected chi connectivity index (χ2v) is 4.23. The van der Waals surface area contributed by atoms with Crippen LogP contribution in [0.15, 0.2) is 30.3 Å². The average Bonchev–Trinajstić information content (AvgIpc) is 2.50. The molecule has 6 heteroatoms. The molecule has 0 bridgehead atoms. The minimum absolute atomic E-state index is 0.0827. The molecule has 0 atom stereocenters. The molecule has 0 spiro atoms. The monoisotopic (exact) mass is 287 g/mol.